The van der Waals surface area contributed by atoms with Crippen LogP contribution in [-0.2, 0) is 9.59 Å². The number of benzene rings is 3. The SMILES string of the molecule is CC(C)CCN(CC(=O)Nc1cc(-c2ccccc2)nn1-c1ccc(F)cc1)C(=O)C1CC1c1ccccc1. The Hall–Kier alpha value is -4.26. The summed E-state index contributed by atoms with van der Waals surface area (Å²) in [5.41, 5.74) is 3.35. The highest BCUT2D eigenvalue weighted by atomic mass is 19.1. The van der Waals surface area contributed by atoms with Crippen molar-refractivity contribution in [2.24, 2.45) is 11.8 Å². The van der Waals surface area contributed by atoms with Gasteiger partial charge in [0.05, 0.1) is 17.9 Å². The maximum absolute atomic E-state index is 13.6. The average molecular weight is 525 g/mol. The molecule has 5 rings (SSSR count). The molecule has 1 heterocycles. The smallest absolute Gasteiger partial charge is 0.245 e. The van der Waals surface area contributed by atoms with Crippen LogP contribution in [0.25, 0.3) is 16.9 Å². The Labute approximate surface area is 228 Å². The van der Waals surface area contributed by atoms with E-state index in [-0.39, 0.29) is 36.0 Å². The maximum Gasteiger partial charge on any atom is 0.245 e. The van der Waals surface area contributed by atoms with Crippen LogP contribution in [0.5, 0.6) is 0 Å². The van der Waals surface area contributed by atoms with E-state index in [4.69, 9.17) is 0 Å². The van der Waals surface area contributed by atoms with Crippen molar-refractivity contribution in [3.8, 4) is 16.9 Å². The van der Waals surface area contributed by atoms with E-state index in [1.54, 1.807) is 27.8 Å². The van der Waals surface area contributed by atoms with Crippen LogP contribution in [-0.4, -0.2) is 39.6 Å². The number of carbonyl (C=O) groups is 2. The molecule has 1 aromatic heterocycles. The number of hydrogen-bond acceptors (Lipinski definition) is 3. The lowest BCUT2D eigenvalue weighted by Gasteiger charge is -2.23. The summed E-state index contributed by atoms with van der Waals surface area (Å²) < 4.78 is 15.2. The van der Waals surface area contributed by atoms with E-state index in [9.17, 15) is 14.0 Å². The van der Waals surface area contributed by atoms with Crippen LogP contribution in [0.15, 0.2) is 91.0 Å². The highest BCUT2D eigenvalue weighted by Gasteiger charge is 2.45. The quantitative estimate of drug-likeness (QED) is 0.265. The zero-order valence-electron chi connectivity index (χ0n) is 22.3. The summed E-state index contributed by atoms with van der Waals surface area (Å²) in [6.45, 7) is 4.70. The van der Waals surface area contributed by atoms with Crippen LogP contribution >= 0.6 is 0 Å². The van der Waals surface area contributed by atoms with Gasteiger partial charge in [0.1, 0.15) is 11.6 Å². The standard InChI is InChI=1S/C32H33FN4O2/c1-22(2)17-18-36(32(39)28-19-27(28)23-9-5-3-6-10-23)21-31(38)34-30-20-29(24-11-7-4-8-12-24)35-37(30)26-15-13-25(33)14-16-26/h3-16,20,22,27-28H,17-19,21H2,1-2H3,(H,34,38). The van der Waals surface area contributed by atoms with Crippen LogP contribution in [0, 0.1) is 17.7 Å². The fraction of sp³-hybridized carbons (Fsp3) is 0.281. The van der Waals surface area contributed by atoms with Gasteiger partial charge in [0.15, 0.2) is 0 Å². The first-order valence-electron chi connectivity index (χ1n) is 13.4. The Balaban J connectivity index is 1.35. The summed E-state index contributed by atoms with van der Waals surface area (Å²) in [6.07, 6.45) is 1.62. The molecule has 7 heteroatoms. The van der Waals surface area contributed by atoms with Gasteiger partial charge in [-0.05, 0) is 54.5 Å². The minimum atomic E-state index is -0.354. The molecule has 6 nitrogen and oxygen atoms in total. The van der Waals surface area contributed by atoms with Gasteiger partial charge in [-0.15, -0.1) is 0 Å². The van der Waals surface area contributed by atoms with Crippen LogP contribution in [0.1, 0.15) is 38.2 Å². The molecule has 200 valence electrons. The van der Waals surface area contributed by atoms with Gasteiger partial charge in [0.25, 0.3) is 0 Å². The van der Waals surface area contributed by atoms with Crippen LogP contribution < -0.4 is 5.32 Å². The van der Waals surface area contributed by atoms with Crippen molar-refractivity contribution in [2.75, 3.05) is 18.4 Å². The van der Waals surface area contributed by atoms with Gasteiger partial charge in [-0.1, -0.05) is 74.5 Å². The van der Waals surface area contributed by atoms with Crippen molar-refractivity contribution in [3.05, 3.63) is 102 Å². The van der Waals surface area contributed by atoms with E-state index >= 15 is 0 Å². The van der Waals surface area contributed by atoms with Gasteiger partial charge in [-0.25, -0.2) is 9.07 Å². The molecular formula is C32H33FN4O2. The molecule has 0 radical (unpaired) electrons. The van der Waals surface area contributed by atoms with Crippen molar-refractivity contribution < 1.29 is 14.0 Å². The molecule has 0 spiro atoms. The van der Waals surface area contributed by atoms with Crippen molar-refractivity contribution in [3.63, 3.8) is 0 Å². The van der Waals surface area contributed by atoms with Gasteiger partial charge >= 0.3 is 0 Å². The van der Waals surface area contributed by atoms with Crippen molar-refractivity contribution in [1.29, 1.82) is 0 Å². The molecular weight excluding hydrogens is 491 g/mol. The van der Waals surface area contributed by atoms with Gasteiger partial charge in [0.2, 0.25) is 11.8 Å². The topological polar surface area (TPSA) is 67.2 Å². The molecule has 2 unspecified atom stereocenters. The van der Waals surface area contributed by atoms with Crippen LogP contribution in [0.4, 0.5) is 10.2 Å². The average Bonchev–Trinajstić information content (AvgIpc) is 3.65. The highest BCUT2D eigenvalue weighted by molar-refractivity contribution is 5.95. The molecule has 39 heavy (non-hydrogen) atoms. The van der Waals surface area contributed by atoms with E-state index in [0.29, 0.717) is 29.7 Å². The zero-order valence-corrected chi connectivity index (χ0v) is 22.3. The number of hydrogen-bond donors (Lipinski definition) is 1. The molecule has 3 aromatic carbocycles. The number of rotatable bonds is 10. The Morgan fingerprint density at radius 3 is 2.33 bits per heavy atom. The molecule has 1 saturated carbocycles. The maximum atomic E-state index is 13.6. The molecule has 0 aliphatic heterocycles. The van der Waals surface area contributed by atoms with Gasteiger partial charge in [-0.2, -0.15) is 5.10 Å². The molecule has 0 saturated heterocycles. The number of amides is 2. The third-order valence-electron chi connectivity index (χ3n) is 7.08. The third-order valence-corrected chi connectivity index (χ3v) is 7.08. The summed E-state index contributed by atoms with van der Waals surface area (Å²) in [4.78, 5) is 28.5. The minimum Gasteiger partial charge on any atom is -0.333 e. The summed E-state index contributed by atoms with van der Waals surface area (Å²) in [5.74, 6) is 0.339. The van der Waals surface area contributed by atoms with Gasteiger partial charge in [-0.3, -0.25) is 9.59 Å². The lowest BCUT2D eigenvalue weighted by Crippen LogP contribution is -2.40. The first-order valence-corrected chi connectivity index (χ1v) is 13.4. The fourth-order valence-corrected chi connectivity index (χ4v) is 4.81. The number of nitrogens with zero attached hydrogens (tertiary/aromatic N) is 3. The number of halogens is 1. The summed E-state index contributed by atoms with van der Waals surface area (Å²) in [6, 6.07) is 27.5. The molecule has 1 aliphatic rings. The number of nitrogens with one attached hydrogen (secondary N) is 1. The van der Waals surface area contributed by atoms with E-state index in [0.717, 1.165) is 18.4 Å². The number of carbonyl (C=O) groups excluding carboxylic acids is 2. The van der Waals surface area contributed by atoms with Crippen LogP contribution in [0.2, 0.25) is 0 Å². The molecule has 1 fully saturated rings. The lowest BCUT2D eigenvalue weighted by molar-refractivity contribution is -0.136. The van der Waals surface area contributed by atoms with Gasteiger partial charge in [0, 0.05) is 24.1 Å². The van der Waals surface area contributed by atoms with Crippen molar-refractivity contribution >= 4 is 17.6 Å². The minimum absolute atomic E-state index is 0.0247. The Morgan fingerprint density at radius 1 is 1.00 bits per heavy atom. The van der Waals surface area contributed by atoms with Crippen molar-refractivity contribution in [1.82, 2.24) is 14.7 Å². The second-order valence-electron chi connectivity index (χ2n) is 10.5. The molecule has 2 amide bonds. The highest BCUT2D eigenvalue weighted by Crippen LogP contribution is 2.48. The van der Waals surface area contributed by atoms with E-state index in [2.05, 4.69) is 36.4 Å². The zero-order chi connectivity index (χ0) is 27.4. The van der Waals surface area contributed by atoms with Crippen molar-refractivity contribution in [2.45, 2.75) is 32.6 Å². The predicted octanol–water partition coefficient (Wildman–Crippen LogP) is 6.30. The first kappa shape index (κ1) is 26.4. The number of aromatic nitrogens is 2. The second-order valence-corrected chi connectivity index (χ2v) is 10.5. The summed E-state index contributed by atoms with van der Waals surface area (Å²) in [5, 5.41) is 7.65. The monoisotopic (exact) mass is 524 g/mol. The largest absolute Gasteiger partial charge is 0.333 e. The van der Waals surface area contributed by atoms with E-state index < -0.39 is 0 Å². The molecule has 1 aliphatic carbocycles. The molecule has 2 atom stereocenters. The summed E-state index contributed by atoms with van der Waals surface area (Å²) >= 11 is 0. The van der Waals surface area contributed by atoms with E-state index in [1.165, 1.54) is 17.7 Å². The third kappa shape index (κ3) is 6.42. The number of anilines is 1. The predicted molar refractivity (Wildman–Crippen MR) is 151 cm³/mol. The Kier molecular flexibility index (Phi) is 7.87. The fourth-order valence-electron chi connectivity index (χ4n) is 4.81. The Bertz CT molecular complexity index is 1420. The van der Waals surface area contributed by atoms with Crippen LogP contribution in [0.3, 0.4) is 0 Å². The first-order chi connectivity index (χ1) is 18.9. The molecule has 1 N–H and O–H groups in total. The van der Waals surface area contributed by atoms with Gasteiger partial charge < -0.3 is 10.2 Å². The molecule has 4 aromatic rings. The second kappa shape index (κ2) is 11.6. The summed E-state index contributed by atoms with van der Waals surface area (Å²) in [7, 11) is 0. The normalized spacial score (nSPS) is 16.2. The lowest BCUT2D eigenvalue weighted by atomic mass is 10.1. The van der Waals surface area contributed by atoms with E-state index in [1.807, 2.05) is 48.5 Å². The molecule has 0 bridgehead atoms. The Morgan fingerprint density at radius 2 is 1.67 bits per heavy atom.